The van der Waals surface area contributed by atoms with Crippen molar-refractivity contribution in [2.45, 2.75) is 78.0 Å². The fraction of sp³-hybridized carbons (Fsp3) is 0.591. The molecule has 3 heteroatoms. The van der Waals surface area contributed by atoms with E-state index in [4.69, 9.17) is 4.74 Å². The maximum Gasteiger partial charge on any atom is 0.410 e. The molecule has 2 heterocycles. The summed E-state index contributed by atoms with van der Waals surface area (Å²) in [6.45, 7) is 7.25. The monoisotopic (exact) mass is 341 g/mol. The normalized spacial score (nSPS) is 23.2. The lowest BCUT2D eigenvalue weighted by Gasteiger charge is -2.44. The lowest BCUT2D eigenvalue weighted by molar-refractivity contribution is 0.0477. The van der Waals surface area contributed by atoms with Gasteiger partial charge >= 0.3 is 6.09 Å². The summed E-state index contributed by atoms with van der Waals surface area (Å²) >= 11 is 0. The van der Waals surface area contributed by atoms with E-state index in [-0.39, 0.29) is 12.1 Å². The summed E-state index contributed by atoms with van der Waals surface area (Å²) < 4.78 is 5.61. The Bertz CT molecular complexity index is 615. The first-order valence-electron chi connectivity index (χ1n) is 9.61. The Kier molecular flexibility index (Phi) is 5.51. The highest BCUT2D eigenvalue weighted by Gasteiger charge is 2.37. The highest BCUT2D eigenvalue weighted by atomic mass is 16.6. The largest absolute Gasteiger partial charge is 0.445 e. The number of nitrogens with zero attached hydrogens (tertiary/aromatic N) is 1. The second-order valence-electron chi connectivity index (χ2n) is 8.69. The Morgan fingerprint density at radius 3 is 2.64 bits per heavy atom. The second kappa shape index (κ2) is 7.63. The van der Waals surface area contributed by atoms with Crippen molar-refractivity contribution >= 4 is 6.09 Å². The molecule has 1 saturated heterocycles. The Morgan fingerprint density at radius 1 is 1.20 bits per heavy atom. The molecule has 2 bridgehead atoms. The first-order chi connectivity index (χ1) is 11.9. The molecule has 3 rings (SSSR count). The minimum Gasteiger partial charge on any atom is -0.445 e. The lowest BCUT2D eigenvalue weighted by Crippen LogP contribution is -2.51. The smallest absolute Gasteiger partial charge is 0.410 e. The maximum atomic E-state index is 12.7. The van der Waals surface area contributed by atoms with Gasteiger partial charge in [-0.05, 0) is 49.5 Å². The Morgan fingerprint density at radius 2 is 1.96 bits per heavy atom. The number of rotatable bonds is 4. The van der Waals surface area contributed by atoms with Crippen molar-refractivity contribution in [3.05, 3.63) is 47.5 Å². The van der Waals surface area contributed by atoms with E-state index in [0.717, 1.165) is 31.2 Å². The van der Waals surface area contributed by atoms with Crippen LogP contribution >= 0.6 is 0 Å². The van der Waals surface area contributed by atoms with Gasteiger partial charge in [0.15, 0.2) is 0 Å². The summed E-state index contributed by atoms with van der Waals surface area (Å²) in [5, 5.41) is 0. The summed E-state index contributed by atoms with van der Waals surface area (Å²) in [6, 6.07) is 10.5. The van der Waals surface area contributed by atoms with Crippen molar-refractivity contribution in [3.8, 4) is 0 Å². The number of benzene rings is 1. The van der Waals surface area contributed by atoms with Crippen molar-refractivity contribution in [1.82, 2.24) is 4.90 Å². The summed E-state index contributed by atoms with van der Waals surface area (Å²) in [6.07, 6.45) is 8.96. The number of hydrogen-bond donors (Lipinski definition) is 0. The molecule has 0 spiro atoms. The van der Waals surface area contributed by atoms with Gasteiger partial charge in [0.05, 0.1) is 6.04 Å². The van der Waals surface area contributed by atoms with Gasteiger partial charge in [-0.25, -0.2) is 4.79 Å². The zero-order chi connectivity index (χ0) is 17.9. The van der Waals surface area contributed by atoms with Crippen LogP contribution < -0.4 is 0 Å². The molecule has 2 aliphatic heterocycles. The molecular weight excluding hydrogens is 310 g/mol. The summed E-state index contributed by atoms with van der Waals surface area (Å²) in [5.74, 6) is 0. The van der Waals surface area contributed by atoms with Crippen LogP contribution in [0, 0.1) is 5.41 Å². The molecule has 0 aromatic heterocycles. The van der Waals surface area contributed by atoms with Crippen LogP contribution in [0.3, 0.4) is 0 Å². The van der Waals surface area contributed by atoms with Crippen LogP contribution in [0.4, 0.5) is 4.79 Å². The van der Waals surface area contributed by atoms with E-state index in [1.54, 1.807) is 0 Å². The number of carbonyl (C=O) groups is 1. The van der Waals surface area contributed by atoms with Gasteiger partial charge in [0.2, 0.25) is 0 Å². The first kappa shape index (κ1) is 18.0. The number of piperidine rings is 1. The van der Waals surface area contributed by atoms with Gasteiger partial charge in [0.25, 0.3) is 0 Å². The van der Waals surface area contributed by atoms with Crippen LogP contribution in [-0.4, -0.2) is 23.1 Å². The van der Waals surface area contributed by atoms with Crippen LogP contribution in [0.15, 0.2) is 42.0 Å². The van der Waals surface area contributed by atoms with Crippen molar-refractivity contribution < 1.29 is 9.53 Å². The molecule has 0 saturated carbocycles. The number of carbonyl (C=O) groups excluding carboxylic acids is 1. The van der Waals surface area contributed by atoms with Crippen LogP contribution in [0.1, 0.15) is 64.9 Å². The molecule has 0 radical (unpaired) electrons. The molecule has 1 aromatic carbocycles. The van der Waals surface area contributed by atoms with Gasteiger partial charge in [-0.3, -0.25) is 4.90 Å². The zero-order valence-electron chi connectivity index (χ0n) is 15.8. The number of fused-ring (bicyclic) bond motifs is 2. The molecule has 1 fully saturated rings. The van der Waals surface area contributed by atoms with Gasteiger partial charge in [-0.1, -0.05) is 62.8 Å². The molecule has 0 N–H and O–H groups in total. The SMILES string of the molecule is CC(C)(C)CCC1=CC2CCCC(C1)N2C(=O)OCc1ccccc1. The molecule has 0 aliphatic carbocycles. The number of ether oxygens (including phenoxy) is 1. The molecule has 2 unspecified atom stereocenters. The standard InChI is InChI=1S/C22H31NO2/c1-22(2,3)13-12-18-14-19-10-7-11-20(15-18)23(19)21(24)25-16-17-8-5-4-6-9-17/h4-6,8-9,14,19-20H,7,10-13,15-16H2,1-3H3. The highest BCUT2D eigenvalue weighted by molar-refractivity contribution is 5.69. The van der Waals surface area contributed by atoms with Gasteiger partial charge in [0, 0.05) is 6.04 Å². The van der Waals surface area contributed by atoms with Crippen molar-refractivity contribution in [3.63, 3.8) is 0 Å². The van der Waals surface area contributed by atoms with E-state index < -0.39 is 0 Å². The van der Waals surface area contributed by atoms with Crippen molar-refractivity contribution in [2.75, 3.05) is 0 Å². The molecule has 136 valence electrons. The minimum atomic E-state index is -0.148. The van der Waals surface area contributed by atoms with Gasteiger partial charge in [-0.2, -0.15) is 0 Å². The van der Waals surface area contributed by atoms with E-state index in [2.05, 4.69) is 26.8 Å². The first-order valence-corrected chi connectivity index (χ1v) is 9.61. The van der Waals surface area contributed by atoms with E-state index in [0.29, 0.717) is 18.1 Å². The fourth-order valence-corrected chi connectivity index (χ4v) is 3.92. The molecule has 2 atom stereocenters. The van der Waals surface area contributed by atoms with Gasteiger partial charge in [-0.15, -0.1) is 0 Å². The third-order valence-electron chi connectivity index (χ3n) is 5.33. The average molecular weight is 341 g/mol. The Hall–Kier alpha value is -1.77. The number of amides is 1. The molecule has 1 aromatic rings. The van der Waals surface area contributed by atoms with Gasteiger partial charge < -0.3 is 4.74 Å². The quantitative estimate of drug-likeness (QED) is 0.657. The lowest BCUT2D eigenvalue weighted by atomic mass is 9.81. The second-order valence-corrected chi connectivity index (χ2v) is 8.69. The Labute approximate surface area is 152 Å². The predicted octanol–water partition coefficient (Wildman–Crippen LogP) is 5.70. The molecular formula is C22H31NO2. The van der Waals surface area contributed by atoms with Crippen LogP contribution in [0.25, 0.3) is 0 Å². The number of hydrogen-bond acceptors (Lipinski definition) is 2. The van der Waals surface area contributed by atoms with Gasteiger partial charge in [0.1, 0.15) is 6.61 Å². The van der Waals surface area contributed by atoms with E-state index in [1.807, 2.05) is 35.2 Å². The predicted molar refractivity (Wildman–Crippen MR) is 101 cm³/mol. The minimum absolute atomic E-state index is 0.148. The summed E-state index contributed by atoms with van der Waals surface area (Å²) in [7, 11) is 0. The molecule has 3 nitrogen and oxygen atoms in total. The van der Waals surface area contributed by atoms with E-state index >= 15 is 0 Å². The third-order valence-corrected chi connectivity index (χ3v) is 5.33. The van der Waals surface area contributed by atoms with E-state index in [9.17, 15) is 4.79 Å². The topological polar surface area (TPSA) is 29.5 Å². The zero-order valence-corrected chi connectivity index (χ0v) is 15.8. The van der Waals surface area contributed by atoms with E-state index in [1.165, 1.54) is 18.4 Å². The molecule has 2 aliphatic rings. The Balaban J connectivity index is 1.62. The maximum absolute atomic E-state index is 12.7. The molecule has 1 amide bonds. The average Bonchev–Trinajstić information content (AvgIpc) is 2.57. The summed E-state index contributed by atoms with van der Waals surface area (Å²) in [5.41, 5.74) is 2.94. The van der Waals surface area contributed by atoms with Crippen LogP contribution in [0.2, 0.25) is 0 Å². The van der Waals surface area contributed by atoms with Crippen LogP contribution in [0.5, 0.6) is 0 Å². The third kappa shape index (κ3) is 4.87. The molecule has 25 heavy (non-hydrogen) atoms. The van der Waals surface area contributed by atoms with Crippen molar-refractivity contribution in [2.24, 2.45) is 5.41 Å². The van der Waals surface area contributed by atoms with Crippen LogP contribution in [-0.2, 0) is 11.3 Å². The highest BCUT2D eigenvalue weighted by Crippen LogP contribution is 2.36. The summed E-state index contributed by atoms with van der Waals surface area (Å²) in [4.78, 5) is 14.7. The fourth-order valence-electron chi connectivity index (χ4n) is 3.92. The van der Waals surface area contributed by atoms with Crippen molar-refractivity contribution in [1.29, 1.82) is 0 Å².